The van der Waals surface area contributed by atoms with Crippen LogP contribution >= 0.6 is 27.3 Å². The molecule has 3 rings (SSSR count). The van der Waals surface area contributed by atoms with Crippen LogP contribution in [0, 0.1) is 6.92 Å². The number of benzene rings is 1. The Morgan fingerprint density at radius 3 is 2.78 bits per heavy atom. The van der Waals surface area contributed by atoms with E-state index < -0.39 is 0 Å². The largest absolute Gasteiger partial charge is 0.459 e. The number of aryl methyl sites for hydroxylation is 1. The highest BCUT2D eigenvalue weighted by Gasteiger charge is 2.16. The summed E-state index contributed by atoms with van der Waals surface area (Å²) in [5.41, 5.74) is 8.31. The van der Waals surface area contributed by atoms with E-state index in [-0.39, 0.29) is 6.04 Å². The fourth-order valence-electron chi connectivity index (χ4n) is 2.02. The first-order valence-corrected chi connectivity index (χ1v) is 7.26. The maximum atomic E-state index is 6.24. The van der Waals surface area contributed by atoms with Crippen molar-refractivity contribution < 1.29 is 4.42 Å². The molecule has 4 heteroatoms. The predicted molar refractivity (Wildman–Crippen MR) is 79.0 cm³/mol. The Kier molecular flexibility index (Phi) is 3.01. The smallest absolute Gasteiger partial charge is 0.137 e. The lowest BCUT2D eigenvalue weighted by atomic mass is 10.1. The number of rotatable bonds is 2. The van der Waals surface area contributed by atoms with Gasteiger partial charge in [-0.15, -0.1) is 11.3 Å². The Morgan fingerprint density at radius 2 is 2.11 bits per heavy atom. The van der Waals surface area contributed by atoms with Gasteiger partial charge in [0.15, 0.2) is 0 Å². The summed E-state index contributed by atoms with van der Waals surface area (Å²) in [5, 5.41) is 1.11. The first kappa shape index (κ1) is 12.0. The van der Waals surface area contributed by atoms with E-state index >= 15 is 0 Å². The number of hydrogen-bond acceptors (Lipinski definition) is 3. The van der Waals surface area contributed by atoms with Crippen molar-refractivity contribution in [3.8, 4) is 0 Å². The lowest BCUT2D eigenvalue weighted by Gasteiger charge is -2.04. The standard InChI is InChI=1S/C14H12BrNOS/c1-8-3-2-4-9-7-10(17-14(8)9)13(16)11-5-6-12(15)18-11/h2-7,13H,16H2,1H3. The van der Waals surface area contributed by atoms with Crippen LogP contribution in [-0.4, -0.2) is 0 Å². The summed E-state index contributed by atoms with van der Waals surface area (Å²) < 4.78 is 6.97. The Bertz CT molecular complexity index is 701. The van der Waals surface area contributed by atoms with Gasteiger partial charge >= 0.3 is 0 Å². The number of nitrogens with two attached hydrogens (primary N) is 1. The zero-order valence-corrected chi connectivity index (χ0v) is 12.2. The summed E-state index contributed by atoms with van der Waals surface area (Å²) in [6.07, 6.45) is 0. The summed E-state index contributed by atoms with van der Waals surface area (Å²) in [4.78, 5) is 1.10. The molecule has 0 aliphatic heterocycles. The van der Waals surface area contributed by atoms with Crippen molar-refractivity contribution in [2.75, 3.05) is 0 Å². The van der Waals surface area contributed by atoms with Crippen LogP contribution in [-0.2, 0) is 0 Å². The van der Waals surface area contributed by atoms with Crippen LogP contribution in [0.3, 0.4) is 0 Å². The molecule has 0 amide bonds. The Balaban J connectivity index is 2.06. The molecule has 0 saturated heterocycles. The molecule has 1 atom stereocenters. The van der Waals surface area contributed by atoms with Gasteiger partial charge in [-0.2, -0.15) is 0 Å². The van der Waals surface area contributed by atoms with Crippen molar-refractivity contribution in [2.45, 2.75) is 13.0 Å². The number of furan rings is 1. The highest BCUT2D eigenvalue weighted by Crippen LogP contribution is 2.33. The minimum Gasteiger partial charge on any atom is -0.459 e. The van der Waals surface area contributed by atoms with Gasteiger partial charge in [0.2, 0.25) is 0 Å². The molecule has 1 unspecified atom stereocenters. The molecule has 0 aliphatic rings. The molecule has 0 saturated carbocycles. The Hall–Kier alpha value is -1.10. The normalized spacial score (nSPS) is 13.1. The third-order valence-electron chi connectivity index (χ3n) is 2.97. The average molecular weight is 322 g/mol. The molecule has 0 fully saturated rings. The van der Waals surface area contributed by atoms with Gasteiger partial charge in [0.1, 0.15) is 11.3 Å². The van der Waals surface area contributed by atoms with E-state index in [1.165, 1.54) is 0 Å². The Labute approximate surface area is 118 Å². The summed E-state index contributed by atoms with van der Waals surface area (Å²) in [5.74, 6) is 0.814. The van der Waals surface area contributed by atoms with Gasteiger partial charge in [0, 0.05) is 10.3 Å². The fourth-order valence-corrected chi connectivity index (χ4v) is 3.45. The van der Waals surface area contributed by atoms with E-state index in [1.54, 1.807) is 11.3 Å². The molecule has 0 bridgehead atoms. The number of para-hydroxylation sites is 1. The molecule has 18 heavy (non-hydrogen) atoms. The highest BCUT2D eigenvalue weighted by molar-refractivity contribution is 9.11. The molecule has 2 aromatic heterocycles. The molecule has 2 heterocycles. The SMILES string of the molecule is Cc1cccc2cc(C(N)c3ccc(Br)s3)oc12. The number of halogens is 1. The molecular weight excluding hydrogens is 310 g/mol. The van der Waals surface area contributed by atoms with Crippen LogP contribution in [0.2, 0.25) is 0 Å². The highest BCUT2D eigenvalue weighted by atomic mass is 79.9. The Morgan fingerprint density at radius 1 is 1.28 bits per heavy atom. The van der Waals surface area contributed by atoms with Crippen molar-refractivity contribution in [2.24, 2.45) is 5.73 Å². The van der Waals surface area contributed by atoms with Gasteiger partial charge in [-0.05, 0) is 46.6 Å². The van der Waals surface area contributed by atoms with E-state index in [2.05, 4.69) is 15.9 Å². The third kappa shape index (κ3) is 2.00. The van der Waals surface area contributed by atoms with E-state index in [0.717, 1.165) is 31.0 Å². The van der Waals surface area contributed by atoms with E-state index in [1.807, 2.05) is 43.3 Å². The fraction of sp³-hybridized carbons (Fsp3) is 0.143. The van der Waals surface area contributed by atoms with Crippen LogP contribution in [0.4, 0.5) is 0 Å². The zero-order chi connectivity index (χ0) is 12.7. The summed E-state index contributed by atoms with van der Waals surface area (Å²) in [7, 11) is 0. The van der Waals surface area contributed by atoms with E-state index in [9.17, 15) is 0 Å². The maximum Gasteiger partial charge on any atom is 0.137 e. The van der Waals surface area contributed by atoms with Crippen molar-refractivity contribution in [1.29, 1.82) is 0 Å². The lowest BCUT2D eigenvalue weighted by molar-refractivity contribution is 0.526. The quantitative estimate of drug-likeness (QED) is 0.748. The van der Waals surface area contributed by atoms with Crippen LogP contribution in [0.15, 0.2) is 44.6 Å². The second kappa shape index (κ2) is 4.53. The zero-order valence-electron chi connectivity index (χ0n) is 9.81. The van der Waals surface area contributed by atoms with Gasteiger partial charge in [-0.3, -0.25) is 0 Å². The molecule has 3 aromatic rings. The van der Waals surface area contributed by atoms with Gasteiger partial charge in [-0.1, -0.05) is 18.2 Å². The van der Waals surface area contributed by atoms with Crippen LogP contribution in [0.5, 0.6) is 0 Å². The van der Waals surface area contributed by atoms with Crippen molar-refractivity contribution in [1.82, 2.24) is 0 Å². The van der Waals surface area contributed by atoms with Crippen LogP contribution in [0.1, 0.15) is 22.2 Å². The van der Waals surface area contributed by atoms with Gasteiger partial charge in [-0.25, -0.2) is 0 Å². The molecular formula is C14H12BrNOS. The molecule has 2 nitrogen and oxygen atoms in total. The van der Waals surface area contributed by atoms with E-state index in [0.29, 0.717) is 0 Å². The second-order valence-electron chi connectivity index (χ2n) is 4.26. The molecule has 1 aromatic carbocycles. The van der Waals surface area contributed by atoms with E-state index in [4.69, 9.17) is 10.2 Å². The molecule has 0 aliphatic carbocycles. The third-order valence-corrected chi connectivity index (χ3v) is 4.67. The molecule has 0 spiro atoms. The van der Waals surface area contributed by atoms with Gasteiger partial charge < -0.3 is 10.2 Å². The van der Waals surface area contributed by atoms with Crippen LogP contribution < -0.4 is 5.73 Å². The first-order chi connectivity index (χ1) is 8.65. The van der Waals surface area contributed by atoms with Crippen LogP contribution in [0.25, 0.3) is 11.0 Å². The summed E-state index contributed by atoms with van der Waals surface area (Å²) in [6, 6.07) is 12.0. The van der Waals surface area contributed by atoms with Crippen molar-refractivity contribution in [3.05, 3.63) is 56.4 Å². The minimum atomic E-state index is -0.201. The predicted octanol–water partition coefficient (Wildman–Crippen LogP) is 4.61. The average Bonchev–Trinajstić information content (AvgIpc) is 2.95. The molecule has 0 radical (unpaired) electrons. The topological polar surface area (TPSA) is 39.2 Å². The van der Waals surface area contributed by atoms with Crippen molar-refractivity contribution in [3.63, 3.8) is 0 Å². The summed E-state index contributed by atoms with van der Waals surface area (Å²) >= 11 is 5.09. The second-order valence-corrected chi connectivity index (χ2v) is 6.76. The summed E-state index contributed by atoms with van der Waals surface area (Å²) in [6.45, 7) is 2.04. The number of thiophene rings is 1. The molecule has 2 N–H and O–H groups in total. The minimum absolute atomic E-state index is 0.201. The number of fused-ring (bicyclic) bond motifs is 1. The monoisotopic (exact) mass is 321 g/mol. The molecule has 92 valence electrons. The maximum absolute atomic E-state index is 6.24. The first-order valence-electron chi connectivity index (χ1n) is 5.65. The van der Waals surface area contributed by atoms with Gasteiger partial charge in [0.25, 0.3) is 0 Å². The lowest BCUT2D eigenvalue weighted by Crippen LogP contribution is -2.08. The van der Waals surface area contributed by atoms with Gasteiger partial charge in [0.05, 0.1) is 9.83 Å². The number of hydrogen-bond donors (Lipinski definition) is 1. The van der Waals surface area contributed by atoms with Crippen molar-refractivity contribution >= 4 is 38.2 Å².